The van der Waals surface area contributed by atoms with Crippen LogP contribution < -0.4 is 0 Å². The molecule has 1 heterocycles. The predicted octanol–water partition coefficient (Wildman–Crippen LogP) is 2.99. The molecule has 96 valence electrons. The summed E-state index contributed by atoms with van der Waals surface area (Å²) in [4.78, 5) is 4.00. The van der Waals surface area contributed by atoms with Crippen LogP contribution in [-0.4, -0.2) is 4.98 Å². The van der Waals surface area contributed by atoms with Gasteiger partial charge in [-0.1, -0.05) is 20.9 Å². The van der Waals surface area contributed by atoms with Crippen LogP contribution in [0.3, 0.4) is 0 Å². The Hall–Kier alpha value is -3.41. The zero-order valence-corrected chi connectivity index (χ0v) is 8.97. The highest BCUT2D eigenvalue weighted by molar-refractivity contribution is 5.92. The van der Waals surface area contributed by atoms with E-state index < -0.39 is 0 Å². The number of aromatic nitrogens is 1. The minimum Gasteiger partial charge on any atom is -0.236 e. The van der Waals surface area contributed by atoms with E-state index in [1.807, 2.05) is 12.1 Å². The van der Waals surface area contributed by atoms with Gasteiger partial charge in [0.05, 0.1) is 22.7 Å². The summed E-state index contributed by atoms with van der Waals surface area (Å²) in [5.74, 6) is 0. The van der Waals surface area contributed by atoms with Crippen molar-refractivity contribution >= 4 is 10.9 Å². The second-order valence-electron chi connectivity index (χ2n) is 3.36. The van der Waals surface area contributed by atoms with Crippen molar-refractivity contribution in [3.05, 3.63) is 40.6 Å². The van der Waals surface area contributed by atoms with Gasteiger partial charge in [0, 0.05) is 5.39 Å². The van der Waals surface area contributed by atoms with Gasteiger partial charge in [-0.2, -0.15) is 21.0 Å². The monoisotopic (exact) mass is 261 g/mol. The summed E-state index contributed by atoms with van der Waals surface area (Å²) in [7, 11) is 0. The number of fused-ring (bicyclic) bond motifs is 1. The van der Waals surface area contributed by atoms with Crippen molar-refractivity contribution in [3.63, 3.8) is 0 Å². The van der Waals surface area contributed by atoms with E-state index in [4.69, 9.17) is 21.0 Å². The van der Waals surface area contributed by atoms with E-state index in [0.29, 0.717) is 10.9 Å². The zero-order chi connectivity index (χ0) is 13.1. The Kier molecular flexibility index (Phi) is 5.39. The van der Waals surface area contributed by atoms with Gasteiger partial charge in [0.25, 0.3) is 0 Å². The maximum absolute atomic E-state index is 9.14. The van der Waals surface area contributed by atoms with Crippen molar-refractivity contribution in [1.82, 2.24) is 4.98 Å². The van der Waals surface area contributed by atoms with Crippen LogP contribution in [0.1, 0.15) is 37.2 Å². The van der Waals surface area contributed by atoms with E-state index in [2.05, 4.69) is 4.98 Å². The second kappa shape index (κ2) is 6.50. The quantitative estimate of drug-likeness (QED) is 0.724. The molecule has 20 heavy (non-hydrogen) atoms. The van der Waals surface area contributed by atoms with Gasteiger partial charge in [0.15, 0.2) is 5.69 Å². The first-order valence-electron chi connectivity index (χ1n) is 4.84. The smallest absolute Gasteiger partial charge is 0.160 e. The van der Waals surface area contributed by atoms with E-state index >= 15 is 0 Å². The lowest BCUT2D eigenvalue weighted by Crippen LogP contribution is -1.98. The highest BCUT2D eigenvalue weighted by Crippen LogP contribution is 2.25. The van der Waals surface area contributed by atoms with Crippen LogP contribution in [0.25, 0.3) is 10.9 Å². The minimum absolute atomic E-state index is 0. The lowest BCUT2D eigenvalue weighted by Gasteiger charge is -2.04. The first-order chi connectivity index (χ1) is 8.76. The van der Waals surface area contributed by atoms with Crippen LogP contribution in [0.15, 0.2) is 18.2 Å². The van der Waals surface area contributed by atoms with Gasteiger partial charge >= 0.3 is 0 Å². The maximum Gasteiger partial charge on any atom is 0.160 e. The Labute approximate surface area is 117 Å². The van der Waals surface area contributed by atoms with E-state index in [1.54, 1.807) is 24.3 Å². The highest BCUT2D eigenvalue weighted by atomic mass is 14.7. The van der Waals surface area contributed by atoms with E-state index in [0.717, 1.165) is 0 Å². The molecule has 0 amide bonds. The first-order valence-corrected chi connectivity index (χ1v) is 4.84. The van der Waals surface area contributed by atoms with Gasteiger partial charge in [-0.25, -0.2) is 4.98 Å². The summed E-state index contributed by atoms with van der Waals surface area (Å²) >= 11 is 0. The third-order valence-corrected chi connectivity index (χ3v) is 2.46. The van der Waals surface area contributed by atoms with Crippen LogP contribution in [0.5, 0.6) is 0 Å². The lowest BCUT2D eigenvalue weighted by molar-refractivity contribution is 1.28. The molecule has 0 bridgehead atoms. The fraction of sp³-hybridized carbons (Fsp3) is 0.133. The van der Waals surface area contributed by atoms with Crippen molar-refractivity contribution in [2.45, 2.75) is 14.9 Å². The molecule has 1 aromatic carbocycles. The van der Waals surface area contributed by atoms with Crippen molar-refractivity contribution in [1.29, 1.82) is 21.0 Å². The van der Waals surface area contributed by atoms with Crippen molar-refractivity contribution in [2.24, 2.45) is 0 Å². The van der Waals surface area contributed by atoms with E-state index in [9.17, 15) is 0 Å². The summed E-state index contributed by atoms with van der Waals surface area (Å²) in [6, 6.07) is 12.1. The Morgan fingerprint density at radius 2 is 1.45 bits per heavy atom. The number of benzene rings is 1. The summed E-state index contributed by atoms with van der Waals surface area (Å²) in [6.45, 7) is 0. The van der Waals surface area contributed by atoms with Crippen LogP contribution >= 0.6 is 0 Å². The number of hydrogen-bond donors (Lipinski definition) is 0. The molecule has 2 aromatic rings. The molecule has 0 spiro atoms. The Morgan fingerprint density at radius 1 is 0.800 bits per heavy atom. The van der Waals surface area contributed by atoms with E-state index in [1.165, 1.54) is 6.07 Å². The molecule has 0 unspecified atom stereocenters. The molecule has 0 aliphatic carbocycles. The molecule has 0 atom stereocenters. The van der Waals surface area contributed by atoms with E-state index in [-0.39, 0.29) is 37.2 Å². The standard InChI is InChI=1S/C13H3N5.2CH4/c14-4-8-2-1-3-11-13(8)10(6-16)9(5-15)12(7-17)18-11;;/h1-3H;2*1H4. The largest absolute Gasteiger partial charge is 0.236 e. The van der Waals surface area contributed by atoms with Crippen molar-refractivity contribution < 1.29 is 0 Å². The molecule has 2 rings (SSSR count). The molecule has 0 saturated carbocycles. The second-order valence-corrected chi connectivity index (χ2v) is 3.36. The summed E-state index contributed by atoms with van der Waals surface area (Å²) in [6.07, 6.45) is 0. The van der Waals surface area contributed by atoms with Crippen LogP contribution in [0.2, 0.25) is 0 Å². The predicted molar refractivity (Wildman–Crippen MR) is 74.1 cm³/mol. The normalized spacial score (nSPS) is 8.00. The highest BCUT2D eigenvalue weighted by Gasteiger charge is 2.16. The average molecular weight is 261 g/mol. The first kappa shape index (κ1) is 16.6. The Balaban J connectivity index is 0.00000180. The molecule has 1 aromatic heterocycles. The molecule has 5 nitrogen and oxygen atoms in total. The lowest BCUT2D eigenvalue weighted by atomic mass is 9.99. The molecule has 0 radical (unpaired) electrons. The van der Waals surface area contributed by atoms with Gasteiger partial charge in [-0.05, 0) is 12.1 Å². The minimum atomic E-state index is -0.100. The number of pyridine rings is 1. The summed E-state index contributed by atoms with van der Waals surface area (Å²) in [5.41, 5.74) is 0.460. The molecule has 0 saturated heterocycles. The molecule has 0 N–H and O–H groups in total. The number of hydrogen-bond acceptors (Lipinski definition) is 5. The van der Waals surface area contributed by atoms with Crippen LogP contribution in [0.4, 0.5) is 0 Å². The fourth-order valence-electron chi connectivity index (χ4n) is 1.71. The fourth-order valence-corrected chi connectivity index (χ4v) is 1.71. The van der Waals surface area contributed by atoms with Gasteiger partial charge in [0.2, 0.25) is 0 Å². The molecule has 0 aliphatic heterocycles. The van der Waals surface area contributed by atoms with Gasteiger partial charge < -0.3 is 0 Å². The Morgan fingerprint density at radius 3 is 1.95 bits per heavy atom. The number of rotatable bonds is 0. The molecule has 0 fully saturated rings. The van der Waals surface area contributed by atoms with Crippen molar-refractivity contribution in [2.75, 3.05) is 0 Å². The van der Waals surface area contributed by atoms with Gasteiger partial charge in [0.1, 0.15) is 23.8 Å². The number of nitrogens with zero attached hydrogens (tertiary/aromatic N) is 5. The van der Waals surface area contributed by atoms with Crippen molar-refractivity contribution in [3.8, 4) is 24.3 Å². The Bertz CT molecular complexity index is 823. The topological polar surface area (TPSA) is 108 Å². The third kappa shape index (κ3) is 2.25. The third-order valence-electron chi connectivity index (χ3n) is 2.46. The average Bonchev–Trinajstić information content (AvgIpc) is 2.43. The molecular weight excluding hydrogens is 250 g/mol. The van der Waals surface area contributed by atoms with Gasteiger partial charge in [-0.15, -0.1) is 0 Å². The van der Waals surface area contributed by atoms with Crippen LogP contribution in [0, 0.1) is 45.3 Å². The number of nitriles is 4. The molecule has 5 heteroatoms. The van der Waals surface area contributed by atoms with Gasteiger partial charge in [-0.3, -0.25) is 0 Å². The SMILES string of the molecule is C.C.N#Cc1nc2cccc(C#N)c2c(C#N)c1C#N. The summed E-state index contributed by atoms with van der Waals surface area (Å²) < 4.78 is 0. The molecular formula is C15H11N5. The zero-order valence-electron chi connectivity index (χ0n) is 8.97. The summed E-state index contributed by atoms with van der Waals surface area (Å²) in [5, 5.41) is 36.4. The maximum atomic E-state index is 9.14. The molecule has 0 aliphatic rings. The van der Waals surface area contributed by atoms with Crippen LogP contribution in [-0.2, 0) is 0 Å².